The van der Waals surface area contributed by atoms with Gasteiger partial charge in [-0.1, -0.05) is 23.3 Å². The molecule has 4 aliphatic carbocycles. The van der Waals surface area contributed by atoms with Gasteiger partial charge in [0.05, 0.1) is 0 Å². The second kappa shape index (κ2) is 2.59. The zero-order valence-corrected chi connectivity index (χ0v) is 9.74. The number of hydrogen-bond donors (Lipinski definition) is 0. The van der Waals surface area contributed by atoms with E-state index in [-0.39, 0.29) is 0 Å². The Balaban J connectivity index is 1.78. The van der Waals surface area contributed by atoms with Crippen LogP contribution in [0.25, 0.3) is 0 Å². The van der Waals surface area contributed by atoms with E-state index in [9.17, 15) is 0 Å². The van der Waals surface area contributed by atoms with E-state index in [4.69, 9.17) is 0 Å². The summed E-state index contributed by atoms with van der Waals surface area (Å²) in [6, 6.07) is 0. The van der Waals surface area contributed by atoms with Crippen LogP contribution in [-0.2, 0) is 0 Å². The number of fused-ring (bicyclic) bond motifs is 9. The van der Waals surface area contributed by atoms with Gasteiger partial charge in [-0.25, -0.2) is 0 Å². The molecule has 4 bridgehead atoms. The molecular weight excluding hydrogens is 180 g/mol. The fourth-order valence-electron chi connectivity index (χ4n) is 5.37. The van der Waals surface area contributed by atoms with Crippen molar-refractivity contribution in [1.82, 2.24) is 0 Å². The maximum Gasteiger partial charge on any atom is -0.0161 e. The molecule has 0 aromatic heterocycles. The SMILES string of the molecule is CC(C)=C1CC2CC1C1C3C=CC(C3)C21. The third kappa shape index (κ3) is 0.898. The molecule has 0 heterocycles. The van der Waals surface area contributed by atoms with Gasteiger partial charge in [0, 0.05) is 0 Å². The van der Waals surface area contributed by atoms with E-state index >= 15 is 0 Å². The normalized spacial score (nSPS) is 54.1. The molecule has 0 N–H and O–H groups in total. The highest BCUT2D eigenvalue weighted by Crippen LogP contribution is 2.67. The van der Waals surface area contributed by atoms with Gasteiger partial charge in [-0.05, 0) is 68.6 Å². The van der Waals surface area contributed by atoms with Crippen LogP contribution >= 0.6 is 0 Å². The predicted molar refractivity (Wildman–Crippen MR) is 62.3 cm³/mol. The Kier molecular flexibility index (Phi) is 1.49. The van der Waals surface area contributed by atoms with E-state index in [2.05, 4.69) is 26.0 Å². The molecule has 15 heavy (non-hydrogen) atoms. The molecule has 6 atom stereocenters. The summed E-state index contributed by atoms with van der Waals surface area (Å²) >= 11 is 0. The summed E-state index contributed by atoms with van der Waals surface area (Å²) in [5.41, 5.74) is 3.48. The molecule has 0 spiro atoms. The van der Waals surface area contributed by atoms with Crippen LogP contribution in [0.1, 0.15) is 33.1 Å². The van der Waals surface area contributed by atoms with Gasteiger partial charge in [-0.2, -0.15) is 0 Å². The summed E-state index contributed by atoms with van der Waals surface area (Å²) in [7, 11) is 0. The van der Waals surface area contributed by atoms with Gasteiger partial charge < -0.3 is 0 Å². The summed E-state index contributed by atoms with van der Waals surface area (Å²) in [6.07, 6.45) is 9.55. The number of allylic oxidation sites excluding steroid dienone is 4. The average molecular weight is 200 g/mol. The Morgan fingerprint density at radius 3 is 2.53 bits per heavy atom. The highest BCUT2D eigenvalue weighted by molar-refractivity contribution is 5.30. The summed E-state index contributed by atoms with van der Waals surface area (Å²) in [6.45, 7) is 4.65. The molecule has 0 amide bonds. The predicted octanol–water partition coefficient (Wildman–Crippen LogP) is 3.80. The largest absolute Gasteiger partial charge is 0.0848 e. The molecule has 3 fully saturated rings. The van der Waals surface area contributed by atoms with Crippen LogP contribution in [0.5, 0.6) is 0 Å². The molecule has 0 aromatic rings. The van der Waals surface area contributed by atoms with Crippen molar-refractivity contribution in [2.24, 2.45) is 35.5 Å². The molecule has 0 heteroatoms. The lowest BCUT2D eigenvalue weighted by molar-refractivity contribution is 0.242. The van der Waals surface area contributed by atoms with Crippen molar-refractivity contribution in [2.45, 2.75) is 33.1 Å². The summed E-state index contributed by atoms with van der Waals surface area (Å²) in [5, 5.41) is 0. The van der Waals surface area contributed by atoms with Crippen LogP contribution in [0.2, 0.25) is 0 Å². The Morgan fingerprint density at radius 1 is 1.07 bits per heavy atom. The topological polar surface area (TPSA) is 0 Å². The minimum Gasteiger partial charge on any atom is -0.0848 e. The molecule has 0 radical (unpaired) electrons. The van der Waals surface area contributed by atoms with E-state index in [1.807, 2.05) is 5.57 Å². The third-order valence-corrected chi connectivity index (χ3v) is 5.72. The standard InChI is InChI=1S/C15H20/c1-8(2)12-6-11-7-13(12)15-10-4-3-9(5-10)14(11)15/h3-4,9-11,13-15H,5-7H2,1-2H3. The Morgan fingerprint density at radius 2 is 1.80 bits per heavy atom. The van der Waals surface area contributed by atoms with Crippen LogP contribution in [0.3, 0.4) is 0 Å². The van der Waals surface area contributed by atoms with E-state index in [0.29, 0.717) is 0 Å². The van der Waals surface area contributed by atoms with Gasteiger partial charge in [0.15, 0.2) is 0 Å². The molecule has 4 aliphatic rings. The molecule has 0 saturated heterocycles. The Labute approximate surface area is 92.4 Å². The Hall–Kier alpha value is -0.520. The van der Waals surface area contributed by atoms with Crippen molar-refractivity contribution in [2.75, 3.05) is 0 Å². The van der Waals surface area contributed by atoms with Crippen LogP contribution in [0, 0.1) is 35.5 Å². The van der Waals surface area contributed by atoms with Gasteiger partial charge >= 0.3 is 0 Å². The van der Waals surface area contributed by atoms with E-state index in [0.717, 1.165) is 35.5 Å². The maximum atomic E-state index is 2.54. The summed E-state index contributed by atoms with van der Waals surface area (Å²) in [5.74, 6) is 6.14. The van der Waals surface area contributed by atoms with Crippen LogP contribution in [-0.4, -0.2) is 0 Å². The highest BCUT2D eigenvalue weighted by Gasteiger charge is 2.59. The molecule has 0 aliphatic heterocycles. The molecule has 0 nitrogen and oxygen atoms in total. The van der Waals surface area contributed by atoms with E-state index < -0.39 is 0 Å². The minimum atomic E-state index is 0.963. The first-order valence-electron chi connectivity index (χ1n) is 6.60. The molecule has 80 valence electrons. The summed E-state index contributed by atoms with van der Waals surface area (Å²) in [4.78, 5) is 0. The van der Waals surface area contributed by atoms with E-state index in [1.54, 1.807) is 5.57 Å². The third-order valence-electron chi connectivity index (χ3n) is 5.72. The van der Waals surface area contributed by atoms with Crippen molar-refractivity contribution >= 4 is 0 Å². The van der Waals surface area contributed by atoms with Gasteiger partial charge in [0.2, 0.25) is 0 Å². The van der Waals surface area contributed by atoms with Gasteiger partial charge in [-0.3, -0.25) is 0 Å². The number of rotatable bonds is 0. The van der Waals surface area contributed by atoms with E-state index in [1.165, 1.54) is 19.3 Å². The van der Waals surface area contributed by atoms with Crippen molar-refractivity contribution in [3.8, 4) is 0 Å². The monoisotopic (exact) mass is 200 g/mol. The first-order chi connectivity index (χ1) is 7.25. The van der Waals surface area contributed by atoms with Crippen molar-refractivity contribution < 1.29 is 0 Å². The highest BCUT2D eigenvalue weighted by atomic mass is 14.6. The zero-order valence-electron chi connectivity index (χ0n) is 9.74. The quantitative estimate of drug-likeness (QED) is 0.412. The second-order valence-corrected chi connectivity index (χ2v) is 6.43. The lowest BCUT2D eigenvalue weighted by Gasteiger charge is -2.34. The zero-order chi connectivity index (χ0) is 10.2. The lowest BCUT2D eigenvalue weighted by atomic mass is 9.71. The van der Waals surface area contributed by atoms with Crippen LogP contribution < -0.4 is 0 Å². The molecule has 4 rings (SSSR count). The van der Waals surface area contributed by atoms with Crippen molar-refractivity contribution in [3.05, 3.63) is 23.3 Å². The smallest absolute Gasteiger partial charge is 0.0161 e. The van der Waals surface area contributed by atoms with Gasteiger partial charge in [0.1, 0.15) is 0 Å². The molecule has 0 aromatic carbocycles. The van der Waals surface area contributed by atoms with Crippen molar-refractivity contribution in [1.29, 1.82) is 0 Å². The first-order valence-corrected chi connectivity index (χ1v) is 6.60. The first kappa shape index (κ1) is 8.61. The fourth-order valence-corrected chi connectivity index (χ4v) is 5.37. The fraction of sp³-hybridized carbons (Fsp3) is 0.733. The average Bonchev–Trinajstić information content (AvgIpc) is 2.95. The molecular formula is C15H20. The minimum absolute atomic E-state index is 0.963. The van der Waals surface area contributed by atoms with Crippen LogP contribution in [0.4, 0.5) is 0 Å². The summed E-state index contributed by atoms with van der Waals surface area (Å²) < 4.78 is 0. The van der Waals surface area contributed by atoms with Gasteiger partial charge in [0.25, 0.3) is 0 Å². The lowest BCUT2D eigenvalue weighted by Crippen LogP contribution is -2.27. The maximum absolute atomic E-state index is 2.54. The van der Waals surface area contributed by atoms with Crippen LogP contribution in [0.15, 0.2) is 23.3 Å². The Bertz CT molecular complexity index is 369. The van der Waals surface area contributed by atoms with Gasteiger partial charge in [-0.15, -0.1) is 0 Å². The molecule has 3 saturated carbocycles. The number of hydrogen-bond acceptors (Lipinski definition) is 0. The second-order valence-electron chi connectivity index (χ2n) is 6.43. The molecule has 6 unspecified atom stereocenters. The van der Waals surface area contributed by atoms with Crippen molar-refractivity contribution in [3.63, 3.8) is 0 Å².